The maximum absolute atomic E-state index is 11.3. The van der Waals surface area contributed by atoms with Crippen LogP contribution in [-0.2, 0) is 0 Å². The Morgan fingerprint density at radius 2 is 2.22 bits per heavy atom. The van der Waals surface area contributed by atoms with E-state index >= 15 is 0 Å². The number of nitrogens with zero attached hydrogens (tertiary/aromatic N) is 1. The van der Waals surface area contributed by atoms with Crippen molar-refractivity contribution in [3.05, 3.63) is 28.8 Å². The average molecular weight is 268 g/mol. The number of carbonyl (C=O) groups excluding carboxylic acids is 1. The van der Waals surface area contributed by atoms with Gasteiger partial charge in [0.2, 0.25) is 0 Å². The maximum Gasteiger partial charge on any atom is 0.161 e. The van der Waals surface area contributed by atoms with Crippen molar-refractivity contribution in [1.82, 2.24) is 0 Å². The quantitative estimate of drug-likeness (QED) is 0.838. The van der Waals surface area contributed by atoms with E-state index in [2.05, 4.69) is 4.90 Å². The molecule has 0 saturated carbocycles. The Morgan fingerprint density at radius 3 is 2.78 bits per heavy atom. The van der Waals surface area contributed by atoms with Gasteiger partial charge >= 0.3 is 0 Å². The third kappa shape index (κ3) is 2.68. The summed E-state index contributed by atoms with van der Waals surface area (Å²) in [7, 11) is 0. The predicted octanol–water partition coefficient (Wildman–Crippen LogP) is 2.75. The molecular weight excluding hydrogens is 250 g/mol. The molecule has 0 spiro atoms. The van der Waals surface area contributed by atoms with E-state index in [1.807, 2.05) is 19.1 Å². The Hall–Kier alpha value is -1.06. The lowest BCUT2D eigenvalue weighted by Crippen LogP contribution is -2.41. The molecule has 3 nitrogen and oxygen atoms in total. The SMILES string of the molecule is CC(=O)c1ccc(N2CCC(O)C(C)C2)cc1Cl. The first-order chi connectivity index (χ1) is 8.49. The van der Waals surface area contributed by atoms with Crippen LogP contribution in [0.4, 0.5) is 5.69 Å². The Balaban J connectivity index is 2.19. The summed E-state index contributed by atoms with van der Waals surface area (Å²) in [5.74, 6) is 0.235. The van der Waals surface area contributed by atoms with E-state index < -0.39 is 0 Å². The van der Waals surface area contributed by atoms with E-state index in [-0.39, 0.29) is 17.8 Å². The highest BCUT2D eigenvalue weighted by molar-refractivity contribution is 6.34. The minimum Gasteiger partial charge on any atom is -0.393 e. The molecule has 1 heterocycles. The van der Waals surface area contributed by atoms with Crippen LogP contribution in [0, 0.1) is 5.92 Å². The van der Waals surface area contributed by atoms with Gasteiger partial charge in [-0.2, -0.15) is 0 Å². The van der Waals surface area contributed by atoms with Gasteiger partial charge in [0, 0.05) is 24.3 Å². The van der Waals surface area contributed by atoms with E-state index in [1.54, 1.807) is 6.07 Å². The summed E-state index contributed by atoms with van der Waals surface area (Å²) in [6.45, 7) is 5.20. The monoisotopic (exact) mass is 267 g/mol. The van der Waals surface area contributed by atoms with Crippen molar-refractivity contribution in [3.63, 3.8) is 0 Å². The molecule has 1 aliphatic rings. The number of benzene rings is 1. The first kappa shape index (κ1) is 13.4. The first-order valence-electron chi connectivity index (χ1n) is 6.22. The number of anilines is 1. The average Bonchev–Trinajstić information content (AvgIpc) is 2.32. The topological polar surface area (TPSA) is 40.5 Å². The molecule has 0 bridgehead atoms. The third-order valence-corrected chi connectivity index (χ3v) is 3.87. The summed E-state index contributed by atoms with van der Waals surface area (Å²) in [4.78, 5) is 13.5. The number of carbonyl (C=O) groups is 1. The molecule has 1 N–H and O–H groups in total. The van der Waals surface area contributed by atoms with Gasteiger partial charge in [0.1, 0.15) is 0 Å². The van der Waals surface area contributed by atoms with Gasteiger partial charge in [-0.15, -0.1) is 0 Å². The molecule has 0 aromatic heterocycles. The molecule has 0 radical (unpaired) electrons. The number of rotatable bonds is 2. The number of hydrogen-bond donors (Lipinski definition) is 1. The normalized spacial score (nSPS) is 24.1. The fraction of sp³-hybridized carbons (Fsp3) is 0.500. The molecule has 2 unspecified atom stereocenters. The zero-order valence-electron chi connectivity index (χ0n) is 10.7. The van der Waals surface area contributed by atoms with Crippen LogP contribution in [0.15, 0.2) is 18.2 Å². The highest BCUT2D eigenvalue weighted by Crippen LogP contribution is 2.27. The summed E-state index contributed by atoms with van der Waals surface area (Å²) >= 11 is 6.11. The second kappa shape index (κ2) is 5.29. The van der Waals surface area contributed by atoms with E-state index in [4.69, 9.17) is 11.6 Å². The Morgan fingerprint density at radius 1 is 1.50 bits per heavy atom. The molecule has 1 aromatic carbocycles. The van der Waals surface area contributed by atoms with Crippen LogP contribution in [0.3, 0.4) is 0 Å². The molecule has 2 rings (SSSR count). The zero-order chi connectivity index (χ0) is 13.3. The van der Waals surface area contributed by atoms with Crippen molar-refractivity contribution in [3.8, 4) is 0 Å². The van der Waals surface area contributed by atoms with Crippen LogP contribution in [0.2, 0.25) is 5.02 Å². The Labute approximate surface area is 112 Å². The van der Waals surface area contributed by atoms with Gasteiger partial charge < -0.3 is 10.0 Å². The van der Waals surface area contributed by atoms with Gasteiger partial charge in [0.15, 0.2) is 5.78 Å². The molecule has 18 heavy (non-hydrogen) atoms. The number of Topliss-reactive ketones (excluding diaryl/α,β-unsaturated/α-hetero) is 1. The molecule has 1 aromatic rings. The number of aliphatic hydroxyl groups excluding tert-OH is 1. The summed E-state index contributed by atoms with van der Waals surface area (Å²) in [5.41, 5.74) is 1.58. The van der Waals surface area contributed by atoms with E-state index in [0.717, 1.165) is 25.2 Å². The second-order valence-corrected chi connectivity index (χ2v) is 5.41. The predicted molar refractivity (Wildman–Crippen MR) is 73.5 cm³/mol. The zero-order valence-corrected chi connectivity index (χ0v) is 11.4. The lowest BCUT2D eigenvalue weighted by Gasteiger charge is -2.36. The second-order valence-electron chi connectivity index (χ2n) is 5.00. The Bertz CT molecular complexity index is 461. The van der Waals surface area contributed by atoms with Crippen LogP contribution in [0.5, 0.6) is 0 Å². The van der Waals surface area contributed by atoms with Crippen molar-refractivity contribution >= 4 is 23.1 Å². The smallest absolute Gasteiger partial charge is 0.161 e. The van der Waals surface area contributed by atoms with Crippen LogP contribution >= 0.6 is 11.6 Å². The van der Waals surface area contributed by atoms with Gasteiger partial charge in [-0.25, -0.2) is 0 Å². The summed E-state index contributed by atoms with van der Waals surface area (Å²) in [5, 5.41) is 10.2. The number of piperidine rings is 1. The molecule has 0 aliphatic carbocycles. The van der Waals surface area contributed by atoms with Gasteiger partial charge in [0.25, 0.3) is 0 Å². The fourth-order valence-corrected chi connectivity index (χ4v) is 2.66. The number of halogens is 1. The van der Waals surface area contributed by atoms with E-state index in [0.29, 0.717) is 10.6 Å². The van der Waals surface area contributed by atoms with Crippen molar-refractivity contribution in [2.45, 2.75) is 26.4 Å². The number of aliphatic hydroxyl groups is 1. The van der Waals surface area contributed by atoms with Crippen LogP contribution < -0.4 is 4.90 Å². The third-order valence-electron chi connectivity index (χ3n) is 3.56. The van der Waals surface area contributed by atoms with Gasteiger partial charge in [-0.3, -0.25) is 4.79 Å². The standard InChI is InChI=1S/C14H18ClNO2/c1-9-8-16(6-5-14(9)18)11-3-4-12(10(2)17)13(15)7-11/h3-4,7,9,14,18H,5-6,8H2,1-2H3. The highest BCUT2D eigenvalue weighted by Gasteiger charge is 2.24. The Kier molecular flexibility index (Phi) is 3.93. The van der Waals surface area contributed by atoms with Crippen LogP contribution in [-0.4, -0.2) is 30.1 Å². The van der Waals surface area contributed by atoms with Gasteiger partial charge in [-0.05, 0) is 37.5 Å². The minimum absolute atomic E-state index is 0.0195. The lowest BCUT2D eigenvalue weighted by atomic mass is 9.96. The number of hydrogen-bond acceptors (Lipinski definition) is 3. The molecule has 1 aliphatic heterocycles. The van der Waals surface area contributed by atoms with E-state index in [9.17, 15) is 9.90 Å². The maximum atomic E-state index is 11.3. The molecule has 1 fully saturated rings. The lowest BCUT2D eigenvalue weighted by molar-refractivity contribution is 0.0971. The van der Waals surface area contributed by atoms with E-state index in [1.165, 1.54) is 6.92 Å². The molecule has 98 valence electrons. The van der Waals surface area contributed by atoms with Gasteiger partial charge in [0.05, 0.1) is 11.1 Å². The molecular formula is C14H18ClNO2. The summed E-state index contributed by atoms with van der Waals surface area (Å²) in [6, 6.07) is 5.53. The van der Waals surface area contributed by atoms with Gasteiger partial charge in [-0.1, -0.05) is 18.5 Å². The highest BCUT2D eigenvalue weighted by atomic mass is 35.5. The van der Waals surface area contributed by atoms with Crippen molar-refractivity contribution in [2.24, 2.45) is 5.92 Å². The fourth-order valence-electron chi connectivity index (χ4n) is 2.35. The summed E-state index contributed by atoms with van der Waals surface area (Å²) < 4.78 is 0. The summed E-state index contributed by atoms with van der Waals surface area (Å²) in [6.07, 6.45) is 0.556. The van der Waals surface area contributed by atoms with Crippen molar-refractivity contribution in [1.29, 1.82) is 0 Å². The van der Waals surface area contributed by atoms with Crippen LogP contribution in [0.25, 0.3) is 0 Å². The van der Waals surface area contributed by atoms with Crippen LogP contribution in [0.1, 0.15) is 30.6 Å². The minimum atomic E-state index is -0.215. The largest absolute Gasteiger partial charge is 0.393 e. The molecule has 0 amide bonds. The number of ketones is 1. The first-order valence-corrected chi connectivity index (χ1v) is 6.60. The molecule has 2 atom stereocenters. The molecule has 4 heteroatoms. The van der Waals surface area contributed by atoms with Crippen molar-refractivity contribution in [2.75, 3.05) is 18.0 Å². The van der Waals surface area contributed by atoms with Crippen molar-refractivity contribution < 1.29 is 9.90 Å². The molecule has 1 saturated heterocycles.